The van der Waals surface area contributed by atoms with Gasteiger partial charge in [-0.05, 0) is 38.3 Å². The number of rotatable bonds is 3. The molecule has 0 unspecified atom stereocenters. The Morgan fingerprint density at radius 1 is 1.14 bits per heavy atom. The van der Waals surface area contributed by atoms with E-state index in [1.807, 2.05) is 57.2 Å². The number of likely N-dealkylation sites (tertiary alicyclic amines) is 2. The van der Waals surface area contributed by atoms with Crippen LogP contribution in [-0.2, 0) is 14.3 Å². The standard InChI is InChI=1S/C22H29N3O4/c1-15(26)25-12-17(10-16-8-6-5-7-9-16)11-19(25)20(27)23-18-13-24(14-18)21(28)29-22(2,3)4/h5-10,18-19H,11-14H2,1-4H3,(H,23,27)/t19-/m0/s1. The van der Waals surface area contributed by atoms with Gasteiger partial charge in [-0.3, -0.25) is 9.59 Å². The third-order valence-electron chi connectivity index (χ3n) is 4.96. The number of amides is 3. The van der Waals surface area contributed by atoms with Crippen LogP contribution in [0.2, 0.25) is 0 Å². The number of carbonyl (C=O) groups excluding carboxylic acids is 3. The molecule has 2 saturated heterocycles. The average molecular weight is 399 g/mol. The predicted octanol–water partition coefficient (Wildman–Crippen LogP) is 2.43. The van der Waals surface area contributed by atoms with Crippen LogP contribution in [0, 0.1) is 0 Å². The van der Waals surface area contributed by atoms with Crippen molar-refractivity contribution in [2.45, 2.75) is 51.8 Å². The molecule has 7 heteroatoms. The first kappa shape index (κ1) is 20.9. The highest BCUT2D eigenvalue weighted by atomic mass is 16.6. The van der Waals surface area contributed by atoms with Crippen LogP contribution >= 0.6 is 0 Å². The maximum atomic E-state index is 12.8. The van der Waals surface area contributed by atoms with Crippen molar-refractivity contribution in [2.24, 2.45) is 0 Å². The summed E-state index contributed by atoms with van der Waals surface area (Å²) in [5.41, 5.74) is 1.56. The SMILES string of the molecule is CC(=O)N1CC(=Cc2ccccc2)C[C@H]1C(=O)NC1CN(C(=O)OC(C)(C)C)C1. The van der Waals surface area contributed by atoms with Gasteiger partial charge in [0.2, 0.25) is 11.8 Å². The predicted molar refractivity (Wildman–Crippen MR) is 110 cm³/mol. The zero-order valence-electron chi connectivity index (χ0n) is 17.5. The van der Waals surface area contributed by atoms with E-state index in [0.717, 1.165) is 11.1 Å². The highest BCUT2D eigenvalue weighted by Gasteiger charge is 2.39. The van der Waals surface area contributed by atoms with Crippen molar-refractivity contribution in [1.82, 2.24) is 15.1 Å². The van der Waals surface area contributed by atoms with Gasteiger partial charge in [-0.15, -0.1) is 0 Å². The molecule has 1 aromatic rings. The van der Waals surface area contributed by atoms with Gasteiger partial charge in [0.25, 0.3) is 0 Å². The molecule has 7 nitrogen and oxygen atoms in total. The minimum absolute atomic E-state index is 0.119. The van der Waals surface area contributed by atoms with Crippen molar-refractivity contribution in [1.29, 1.82) is 0 Å². The maximum Gasteiger partial charge on any atom is 0.410 e. The van der Waals surface area contributed by atoms with Crippen LogP contribution in [0.4, 0.5) is 4.79 Å². The molecular formula is C22H29N3O4. The first-order valence-electron chi connectivity index (χ1n) is 9.92. The van der Waals surface area contributed by atoms with Crippen LogP contribution in [0.3, 0.4) is 0 Å². The summed E-state index contributed by atoms with van der Waals surface area (Å²) < 4.78 is 5.33. The minimum Gasteiger partial charge on any atom is -0.444 e. The second-order valence-corrected chi connectivity index (χ2v) is 8.67. The molecular weight excluding hydrogens is 370 g/mol. The first-order chi connectivity index (χ1) is 13.6. The van der Waals surface area contributed by atoms with E-state index in [2.05, 4.69) is 5.32 Å². The van der Waals surface area contributed by atoms with Crippen LogP contribution < -0.4 is 5.32 Å². The zero-order chi connectivity index (χ0) is 21.2. The maximum absolute atomic E-state index is 12.8. The molecule has 2 aliphatic heterocycles. The Morgan fingerprint density at radius 2 is 1.79 bits per heavy atom. The molecule has 0 aromatic heterocycles. The second kappa shape index (κ2) is 8.27. The molecule has 2 fully saturated rings. The van der Waals surface area contributed by atoms with Gasteiger partial charge < -0.3 is 19.9 Å². The van der Waals surface area contributed by atoms with Crippen LogP contribution in [0.15, 0.2) is 35.9 Å². The summed E-state index contributed by atoms with van der Waals surface area (Å²) in [6.45, 7) is 8.24. The Bertz CT molecular complexity index is 807. The molecule has 1 N–H and O–H groups in total. The Balaban J connectivity index is 1.57. The smallest absolute Gasteiger partial charge is 0.410 e. The Hall–Kier alpha value is -2.83. The summed E-state index contributed by atoms with van der Waals surface area (Å²) in [4.78, 5) is 40.0. The lowest BCUT2D eigenvalue weighted by molar-refractivity contribution is -0.137. The molecule has 3 rings (SSSR count). The fourth-order valence-electron chi connectivity index (χ4n) is 3.55. The van der Waals surface area contributed by atoms with Crippen molar-refractivity contribution >= 4 is 24.0 Å². The van der Waals surface area contributed by atoms with E-state index in [1.54, 1.807) is 9.80 Å². The van der Waals surface area contributed by atoms with E-state index in [1.165, 1.54) is 6.92 Å². The lowest BCUT2D eigenvalue weighted by atomic mass is 10.1. The van der Waals surface area contributed by atoms with Gasteiger partial charge in [0.15, 0.2) is 0 Å². The number of benzene rings is 1. The third-order valence-corrected chi connectivity index (χ3v) is 4.96. The number of hydrogen-bond donors (Lipinski definition) is 1. The third kappa shape index (κ3) is 5.37. The molecule has 2 aliphatic rings. The van der Waals surface area contributed by atoms with Crippen LogP contribution in [0.25, 0.3) is 6.08 Å². The number of hydrogen-bond acceptors (Lipinski definition) is 4. The first-order valence-corrected chi connectivity index (χ1v) is 9.92. The van der Waals surface area contributed by atoms with E-state index in [9.17, 15) is 14.4 Å². The van der Waals surface area contributed by atoms with Gasteiger partial charge >= 0.3 is 6.09 Å². The quantitative estimate of drug-likeness (QED) is 0.847. The molecule has 2 heterocycles. The normalized spacial score (nSPS) is 21.1. The van der Waals surface area contributed by atoms with Crippen LogP contribution in [-0.4, -0.2) is 65.0 Å². The summed E-state index contributed by atoms with van der Waals surface area (Å²) in [5, 5.41) is 2.97. The van der Waals surface area contributed by atoms with Gasteiger partial charge in [0.1, 0.15) is 11.6 Å². The molecule has 0 bridgehead atoms. The average Bonchev–Trinajstić information content (AvgIpc) is 3.01. The molecule has 29 heavy (non-hydrogen) atoms. The molecule has 0 aliphatic carbocycles. The monoisotopic (exact) mass is 399 g/mol. The minimum atomic E-state index is -0.543. The molecule has 3 amide bonds. The van der Waals surface area contributed by atoms with Crippen LogP contribution in [0.5, 0.6) is 0 Å². The fourth-order valence-corrected chi connectivity index (χ4v) is 3.55. The number of ether oxygens (including phenoxy) is 1. The van der Waals surface area contributed by atoms with E-state index < -0.39 is 11.6 Å². The van der Waals surface area contributed by atoms with E-state index >= 15 is 0 Å². The van der Waals surface area contributed by atoms with Crippen molar-refractivity contribution in [3.05, 3.63) is 41.5 Å². The zero-order valence-corrected chi connectivity index (χ0v) is 17.5. The van der Waals surface area contributed by atoms with E-state index in [-0.39, 0.29) is 23.9 Å². The van der Waals surface area contributed by atoms with Gasteiger partial charge in [0.05, 0.1) is 6.04 Å². The summed E-state index contributed by atoms with van der Waals surface area (Å²) in [7, 11) is 0. The summed E-state index contributed by atoms with van der Waals surface area (Å²) in [6, 6.07) is 9.23. The van der Waals surface area contributed by atoms with Crippen molar-refractivity contribution in [3.63, 3.8) is 0 Å². The highest BCUT2D eigenvalue weighted by molar-refractivity contribution is 5.89. The largest absolute Gasteiger partial charge is 0.444 e. The lowest BCUT2D eigenvalue weighted by Crippen LogP contribution is -2.63. The van der Waals surface area contributed by atoms with Gasteiger partial charge in [-0.2, -0.15) is 0 Å². The molecule has 0 saturated carbocycles. The fraction of sp³-hybridized carbons (Fsp3) is 0.500. The summed E-state index contributed by atoms with van der Waals surface area (Å²) in [5.74, 6) is -0.295. The topological polar surface area (TPSA) is 79.0 Å². The Labute approximate surface area is 171 Å². The number of carbonyl (C=O) groups is 3. The number of nitrogens with one attached hydrogen (secondary N) is 1. The van der Waals surface area contributed by atoms with E-state index in [0.29, 0.717) is 26.1 Å². The number of nitrogens with zero attached hydrogens (tertiary/aromatic N) is 2. The van der Waals surface area contributed by atoms with Gasteiger partial charge in [-0.25, -0.2) is 4.79 Å². The molecule has 0 spiro atoms. The molecule has 0 radical (unpaired) electrons. The van der Waals surface area contributed by atoms with Gasteiger partial charge in [-0.1, -0.05) is 36.4 Å². The van der Waals surface area contributed by atoms with Crippen molar-refractivity contribution in [3.8, 4) is 0 Å². The van der Waals surface area contributed by atoms with Crippen molar-refractivity contribution in [2.75, 3.05) is 19.6 Å². The Kier molecular flexibility index (Phi) is 5.96. The Morgan fingerprint density at radius 3 is 2.38 bits per heavy atom. The van der Waals surface area contributed by atoms with Gasteiger partial charge in [0, 0.05) is 26.6 Å². The second-order valence-electron chi connectivity index (χ2n) is 8.67. The van der Waals surface area contributed by atoms with Crippen molar-refractivity contribution < 1.29 is 19.1 Å². The lowest BCUT2D eigenvalue weighted by Gasteiger charge is -2.40. The highest BCUT2D eigenvalue weighted by Crippen LogP contribution is 2.25. The summed E-state index contributed by atoms with van der Waals surface area (Å²) >= 11 is 0. The molecule has 156 valence electrons. The van der Waals surface area contributed by atoms with Crippen LogP contribution in [0.1, 0.15) is 39.7 Å². The van der Waals surface area contributed by atoms with E-state index in [4.69, 9.17) is 4.74 Å². The summed E-state index contributed by atoms with van der Waals surface area (Å²) in [6.07, 6.45) is 2.18. The molecule has 1 aromatic carbocycles. The molecule has 1 atom stereocenters.